The van der Waals surface area contributed by atoms with Crippen molar-refractivity contribution in [1.82, 2.24) is 15.1 Å². The van der Waals surface area contributed by atoms with Crippen LogP contribution in [0, 0.1) is 11.3 Å². The van der Waals surface area contributed by atoms with E-state index in [1.807, 2.05) is 0 Å². The zero-order chi connectivity index (χ0) is 15.3. The van der Waals surface area contributed by atoms with Crippen LogP contribution >= 0.6 is 0 Å². The summed E-state index contributed by atoms with van der Waals surface area (Å²) in [5.74, 6) is 0.759. The smallest absolute Gasteiger partial charge is 0.0537 e. The fourth-order valence-electron chi connectivity index (χ4n) is 4.18. The zero-order valence-corrected chi connectivity index (χ0v) is 14.4. The lowest BCUT2D eigenvalue weighted by molar-refractivity contribution is 0.155. The Labute approximate surface area is 130 Å². The van der Waals surface area contributed by atoms with E-state index in [4.69, 9.17) is 0 Å². The predicted molar refractivity (Wildman–Crippen MR) is 89.3 cm³/mol. The highest BCUT2D eigenvalue weighted by molar-refractivity contribution is 5.16. The first-order valence-corrected chi connectivity index (χ1v) is 8.87. The van der Waals surface area contributed by atoms with Gasteiger partial charge in [0.2, 0.25) is 0 Å². The van der Waals surface area contributed by atoms with Crippen molar-refractivity contribution in [1.29, 1.82) is 0 Å². The fourth-order valence-corrected chi connectivity index (χ4v) is 4.18. The highest BCUT2D eigenvalue weighted by Crippen LogP contribution is 2.51. The van der Waals surface area contributed by atoms with Crippen molar-refractivity contribution in [2.24, 2.45) is 11.3 Å². The number of rotatable bonds is 8. The zero-order valence-electron chi connectivity index (χ0n) is 14.4. The molecule has 3 heteroatoms. The first kappa shape index (κ1) is 16.5. The van der Waals surface area contributed by atoms with Gasteiger partial charge < -0.3 is 5.32 Å². The molecule has 21 heavy (non-hydrogen) atoms. The number of hydrogen-bond donors (Lipinski definition) is 1. The summed E-state index contributed by atoms with van der Waals surface area (Å²) in [5, 5.41) is 8.38. The van der Waals surface area contributed by atoms with Crippen molar-refractivity contribution in [3.05, 3.63) is 18.0 Å². The third-order valence-electron chi connectivity index (χ3n) is 4.94. The maximum atomic E-state index is 4.52. The van der Waals surface area contributed by atoms with Crippen LogP contribution in [0.25, 0.3) is 0 Å². The van der Waals surface area contributed by atoms with Crippen LogP contribution in [-0.4, -0.2) is 16.3 Å². The van der Waals surface area contributed by atoms with Crippen LogP contribution in [0.15, 0.2) is 12.4 Å². The van der Waals surface area contributed by atoms with Crippen LogP contribution < -0.4 is 5.32 Å². The van der Waals surface area contributed by atoms with Crippen LogP contribution in [0.4, 0.5) is 0 Å². The first-order valence-electron chi connectivity index (χ1n) is 8.87. The van der Waals surface area contributed by atoms with E-state index < -0.39 is 0 Å². The van der Waals surface area contributed by atoms with Crippen LogP contribution in [0.5, 0.6) is 0 Å². The maximum Gasteiger partial charge on any atom is 0.0537 e. The largest absolute Gasteiger partial charge is 0.309 e. The molecular formula is C18H33N3. The third kappa shape index (κ3) is 3.88. The average Bonchev–Trinajstić information content (AvgIpc) is 3.08. The van der Waals surface area contributed by atoms with E-state index in [0.29, 0.717) is 11.5 Å². The molecule has 1 atom stereocenters. The molecule has 1 aromatic rings. The summed E-state index contributed by atoms with van der Waals surface area (Å²) in [6, 6.07) is 0.475. The minimum absolute atomic E-state index is 0.435. The van der Waals surface area contributed by atoms with Gasteiger partial charge in [-0.25, -0.2) is 0 Å². The third-order valence-corrected chi connectivity index (χ3v) is 4.94. The fraction of sp³-hybridized carbons (Fsp3) is 0.833. The molecule has 0 saturated heterocycles. The highest BCUT2D eigenvalue weighted by Gasteiger charge is 2.42. The molecule has 1 unspecified atom stereocenters. The number of nitrogens with zero attached hydrogens (tertiary/aromatic N) is 2. The molecule has 0 bridgehead atoms. The minimum atomic E-state index is 0.435. The molecule has 0 aromatic carbocycles. The van der Waals surface area contributed by atoms with Gasteiger partial charge in [0.25, 0.3) is 0 Å². The van der Waals surface area contributed by atoms with Gasteiger partial charge in [-0.3, -0.25) is 4.68 Å². The van der Waals surface area contributed by atoms with Gasteiger partial charge in [-0.1, -0.05) is 33.6 Å². The summed E-state index contributed by atoms with van der Waals surface area (Å²) in [6.45, 7) is 11.2. The molecular weight excluding hydrogens is 258 g/mol. The number of nitrogens with one attached hydrogen (secondary N) is 1. The van der Waals surface area contributed by atoms with Gasteiger partial charge in [-0.05, 0) is 50.5 Å². The molecule has 0 spiro atoms. The molecule has 1 saturated carbocycles. The molecule has 1 aliphatic carbocycles. The summed E-state index contributed by atoms with van der Waals surface area (Å²) >= 11 is 0. The molecule has 2 rings (SSSR count). The maximum absolute atomic E-state index is 4.52. The second kappa shape index (κ2) is 7.44. The van der Waals surface area contributed by atoms with E-state index in [0.717, 1.165) is 19.0 Å². The Balaban J connectivity index is 2.27. The molecule has 1 heterocycles. The standard InChI is InChI=1S/C18H33N3/c1-5-11-19-17(16-13-20-21(6-2)14-16)18(12-15(3)4)9-7-8-10-18/h13-15,17,19H,5-12H2,1-4H3. The summed E-state index contributed by atoms with van der Waals surface area (Å²) in [5.41, 5.74) is 1.83. The Kier molecular flexibility index (Phi) is 5.86. The van der Waals surface area contributed by atoms with Gasteiger partial charge in [0.05, 0.1) is 6.20 Å². The highest BCUT2D eigenvalue weighted by atomic mass is 15.3. The lowest BCUT2D eigenvalue weighted by atomic mass is 9.71. The normalized spacial score (nSPS) is 19.3. The van der Waals surface area contributed by atoms with E-state index in [2.05, 4.69) is 55.2 Å². The van der Waals surface area contributed by atoms with E-state index in [1.165, 1.54) is 44.1 Å². The lowest BCUT2D eigenvalue weighted by Gasteiger charge is -2.39. The predicted octanol–water partition coefficient (Wildman–Crippen LogP) is 4.55. The Morgan fingerprint density at radius 2 is 2.00 bits per heavy atom. The van der Waals surface area contributed by atoms with Gasteiger partial charge in [-0.15, -0.1) is 0 Å². The Bertz CT molecular complexity index is 416. The molecule has 1 aromatic heterocycles. The van der Waals surface area contributed by atoms with E-state index in [1.54, 1.807) is 0 Å². The summed E-state index contributed by atoms with van der Waals surface area (Å²) in [4.78, 5) is 0. The second-order valence-electron chi connectivity index (χ2n) is 7.18. The molecule has 1 aliphatic rings. The van der Waals surface area contributed by atoms with Crippen molar-refractivity contribution in [2.45, 2.75) is 78.8 Å². The molecule has 0 aliphatic heterocycles. The molecule has 0 amide bonds. The quantitative estimate of drug-likeness (QED) is 0.761. The number of hydrogen-bond acceptors (Lipinski definition) is 2. The average molecular weight is 291 g/mol. The van der Waals surface area contributed by atoms with E-state index in [-0.39, 0.29) is 0 Å². The topological polar surface area (TPSA) is 29.9 Å². The van der Waals surface area contributed by atoms with Crippen molar-refractivity contribution < 1.29 is 0 Å². The lowest BCUT2D eigenvalue weighted by Crippen LogP contribution is -2.38. The summed E-state index contributed by atoms with van der Waals surface area (Å²) < 4.78 is 2.06. The first-order chi connectivity index (χ1) is 10.1. The Morgan fingerprint density at radius 3 is 2.52 bits per heavy atom. The van der Waals surface area contributed by atoms with Gasteiger partial charge in [0.15, 0.2) is 0 Å². The van der Waals surface area contributed by atoms with E-state index in [9.17, 15) is 0 Å². The Morgan fingerprint density at radius 1 is 1.29 bits per heavy atom. The van der Waals surface area contributed by atoms with Crippen LogP contribution in [0.1, 0.15) is 77.8 Å². The SMILES string of the molecule is CCCNC(c1cnn(CC)c1)C1(CC(C)C)CCCC1. The van der Waals surface area contributed by atoms with E-state index >= 15 is 0 Å². The second-order valence-corrected chi connectivity index (χ2v) is 7.18. The van der Waals surface area contributed by atoms with Crippen molar-refractivity contribution in [3.8, 4) is 0 Å². The van der Waals surface area contributed by atoms with Gasteiger partial charge in [0, 0.05) is 24.3 Å². The van der Waals surface area contributed by atoms with Crippen LogP contribution in [0.3, 0.4) is 0 Å². The van der Waals surface area contributed by atoms with Gasteiger partial charge in [-0.2, -0.15) is 5.10 Å². The summed E-state index contributed by atoms with van der Waals surface area (Å²) in [7, 11) is 0. The molecule has 1 fully saturated rings. The minimum Gasteiger partial charge on any atom is -0.309 e. The summed E-state index contributed by atoms with van der Waals surface area (Å²) in [6.07, 6.45) is 12.4. The molecule has 0 radical (unpaired) electrons. The van der Waals surface area contributed by atoms with Crippen molar-refractivity contribution >= 4 is 0 Å². The van der Waals surface area contributed by atoms with Crippen molar-refractivity contribution in [3.63, 3.8) is 0 Å². The van der Waals surface area contributed by atoms with Crippen molar-refractivity contribution in [2.75, 3.05) is 6.54 Å². The monoisotopic (exact) mass is 291 g/mol. The number of aryl methyl sites for hydroxylation is 1. The molecule has 1 N–H and O–H groups in total. The number of aromatic nitrogens is 2. The van der Waals surface area contributed by atoms with Crippen LogP contribution in [-0.2, 0) is 6.54 Å². The van der Waals surface area contributed by atoms with Crippen LogP contribution in [0.2, 0.25) is 0 Å². The molecule has 3 nitrogen and oxygen atoms in total. The van der Waals surface area contributed by atoms with Gasteiger partial charge in [0.1, 0.15) is 0 Å². The Hall–Kier alpha value is -0.830. The molecule has 120 valence electrons. The van der Waals surface area contributed by atoms with Gasteiger partial charge >= 0.3 is 0 Å².